The van der Waals surface area contributed by atoms with Crippen LogP contribution in [0.3, 0.4) is 0 Å². The summed E-state index contributed by atoms with van der Waals surface area (Å²) in [5, 5.41) is 11.1. The number of carboxylic acid groups (broad SMARTS) is 1. The third-order valence-corrected chi connectivity index (χ3v) is 4.28. The summed E-state index contributed by atoms with van der Waals surface area (Å²) in [6, 6.07) is 2.11. The highest BCUT2D eigenvalue weighted by molar-refractivity contribution is 7.10. The van der Waals surface area contributed by atoms with Crippen LogP contribution in [-0.4, -0.2) is 11.1 Å². The Bertz CT molecular complexity index is 378. The number of rotatable bonds is 2. The van der Waals surface area contributed by atoms with Crippen molar-refractivity contribution in [1.29, 1.82) is 0 Å². The topological polar surface area (TPSA) is 37.3 Å². The van der Waals surface area contributed by atoms with E-state index in [0.29, 0.717) is 0 Å². The Kier molecular flexibility index (Phi) is 1.96. The standard InChI is InChI=1S/C11H14O2S/c1-6-4-7(14-5-6)8-9(10(12)13)11(8,2)3/h4-5,8-9H,1-3H3,(H,12,13)/t8-,9+/m1/s1. The summed E-state index contributed by atoms with van der Waals surface area (Å²) in [6.07, 6.45) is 0. The van der Waals surface area contributed by atoms with E-state index in [2.05, 4.69) is 11.4 Å². The smallest absolute Gasteiger partial charge is 0.307 e. The summed E-state index contributed by atoms with van der Waals surface area (Å²) >= 11 is 1.68. The van der Waals surface area contributed by atoms with Gasteiger partial charge in [-0.2, -0.15) is 0 Å². The van der Waals surface area contributed by atoms with Gasteiger partial charge >= 0.3 is 5.97 Å². The first-order chi connectivity index (χ1) is 6.44. The molecule has 1 N–H and O–H groups in total. The molecule has 0 bridgehead atoms. The molecule has 1 aliphatic carbocycles. The molecule has 1 fully saturated rings. The largest absolute Gasteiger partial charge is 0.481 e. The first-order valence-electron chi connectivity index (χ1n) is 4.72. The van der Waals surface area contributed by atoms with Gasteiger partial charge in [0.05, 0.1) is 5.92 Å². The summed E-state index contributed by atoms with van der Waals surface area (Å²) in [5.41, 5.74) is 1.17. The van der Waals surface area contributed by atoms with E-state index in [0.717, 1.165) is 0 Å². The first-order valence-corrected chi connectivity index (χ1v) is 5.60. The zero-order chi connectivity index (χ0) is 10.5. The normalized spacial score (nSPS) is 28.8. The van der Waals surface area contributed by atoms with Crippen LogP contribution in [0.4, 0.5) is 0 Å². The highest BCUT2D eigenvalue weighted by Gasteiger charge is 2.63. The van der Waals surface area contributed by atoms with Crippen LogP contribution < -0.4 is 0 Å². The Balaban J connectivity index is 2.27. The zero-order valence-electron chi connectivity index (χ0n) is 8.57. The molecule has 0 aliphatic heterocycles. The number of hydrogen-bond donors (Lipinski definition) is 1. The Morgan fingerprint density at radius 2 is 2.21 bits per heavy atom. The monoisotopic (exact) mass is 210 g/mol. The van der Waals surface area contributed by atoms with Crippen molar-refractivity contribution in [3.63, 3.8) is 0 Å². The van der Waals surface area contributed by atoms with Crippen molar-refractivity contribution in [2.45, 2.75) is 26.7 Å². The van der Waals surface area contributed by atoms with Crippen molar-refractivity contribution in [3.8, 4) is 0 Å². The van der Waals surface area contributed by atoms with Crippen LogP contribution in [0, 0.1) is 18.3 Å². The molecule has 1 aromatic heterocycles. The molecule has 1 heterocycles. The van der Waals surface area contributed by atoms with Gasteiger partial charge in [0.15, 0.2) is 0 Å². The van der Waals surface area contributed by atoms with Crippen molar-refractivity contribution in [2.24, 2.45) is 11.3 Å². The van der Waals surface area contributed by atoms with Gasteiger partial charge in [0.1, 0.15) is 0 Å². The molecule has 0 amide bonds. The van der Waals surface area contributed by atoms with Gasteiger partial charge in [0.2, 0.25) is 0 Å². The van der Waals surface area contributed by atoms with Gasteiger partial charge in [-0.1, -0.05) is 13.8 Å². The van der Waals surface area contributed by atoms with Crippen molar-refractivity contribution >= 4 is 17.3 Å². The number of hydrogen-bond acceptors (Lipinski definition) is 2. The minimum Gasteiger partial charge on any atom is -0.481 e. The van der Waals surface area contributed by atoms with Gasteiger partial charge in [-0.05, 0) is 29.3 Å². The summed E-state index contributed by atoms with van der Waals surface area (Å²) in [5.74, 6) is -0.634. The molecule has 0 aromatic carbocycles. The Hall–Kier alpha value is -0.830. The van der Waals surface area contributed by atoms with E-state index in [4.69, 9.17) is 5.11 Å². The van der Waals surface area contributed by atoms with Crippen LogP contribution in [0.15, 0.2) is 11.4 Å². The van der Waals surface area contributed by atoms with E-state index in [1.165, 1.54) is 10.4 Å². The molecule has 1 aromatic rings. The molecule has 2 nitrogen and oxygen atoms in total. The molecule has 14 heavy (non-hydrogen) atoms. The summed E-state index contributed by atoms with van der Waals surface area (Å²) in [4.78, 5) is 12.2. The third-order valence-electron chi connectivity index (χ3n) is 3.15. The SMILES string of the molecule is Cc1csc([C@@H]2[C@@H](C(=O)O)C2(C)C)c1. The molecule has 2 atom stereocenters. The fourth-order valence-corrected chi connectivity index (χ4v) is 3.48. The lowest BCUT2D eigenvalue weighted by Crippen LogP contribution is -2.02. The van der Waals surface area contributed by atoms with E-state index in [1.807, 2.05) is 20.8 Å². The summed E-state index contributed by atoms with van der Waals surface area (Å²) in [7, 11) is 0. The summed E-state index contributed by atoms with van der Waals surface area (Å²) in [6.45, 7) is 6.11. The molecule has 1 aliphatic rings. The van der Waals surface area contributed by atoms with Crippen LogP contribution >= 0.6 is 11.3 Å². The van der Waals surface area contributed by atoms with Crippen LogP contribution in [0.2, 0.25) is 0 Å². The second-order valence-corrected chi connectivity index (χ2v) is 5.58. The zero-order valence-corrected chi connectivity index (χ0v) is 9.39. The van der Waals surface area contributed by atoms with E-state index < -0.39 is 5.97 Å². The molecular weight excluding hydrogens is 196 g/mol. The molecule has 0 spiro atoms. The molecule has 76 valence electrons. The minimum atomic E-state index is -0.661. The van der Waals surface area contributed by atoms with Gasteiger partial charge in [-0.25, -0.2) is 0 Å². The lowest BCUT2D eigenvalue weighted by Gasteiger charge is -1.97. The maximum atomic E-state index is 11.0. The van der Waals surface area contributed by atoms with Gasteiger partial charge in [0.25, 0.3) is 0 Å². The Morgan fingerprint density at radius 3 is 2.57 bits per heavy atom. The van der Waals surface area contributed by atoms with Gasteiger partial charge < -0.3 is 5.11 Å². The van der Waals surface area contributed by atoms with E-state index >= 15 is 0 Å². The van der Waals surface area contributed by atoms with Crippen LogP contribution in [-0.2, 0) is 4.79 Å². The highest BCUT2D eigenvalue weighted by Crippen LogP contribution is 2.65. The number of thiophene rings is 1. The van der Waals surface area contributed by atoms with Crippen LogP contribution in [0.1, 0.15) is 30.2 Å². The van der Waals surface area contributed by atoms with E-state index in [-0.39, 0.29) is 17.3 Å². The van der Waals surface area contributed by atoms with Gasteiger partial charge in [-0.15, -0.1) is 11.3 Å². The average Bonchev–Trinajstić information content (AvgIpc) is 2.42. The van der Waals surface area contributed by atoms with Crippen LogP contribution in [0.5, 0.6) is 0 Å². The highest BCUT2D eigenvalue weighted by atomic mass is 32.1. The molecular formula is C11H14O2S. The quantitative estimate of drug-likeness (QED) is 0.815. The fraction of sp³-hybridized carbons (Fsp3) is 0.545. The van der Waals surface area contributed by atoms with E-state index in [1.54, 1.807) is 11.3 Å². The lowest BCUT2D eigenvalue weighted by atomic mass is 10.1. The van der Waals surface area contributed by atoms with Crippen molar-refractivity contribution in [1.82, 2.24) is 0 Å². The van der Waals surface area contributed by atoms with Crippen molar-refractivity contribution < 1.29 is 9.90 Å². The predicted octanol–water partition coefficient (Wildman–Crippen LogP) is 2.88. The maximum absolute atomic E-state index is 11.0. The first kappa shape index (κ1) is 9.71. The second-order valence-electron chi connectivity index (χ2n) is 4.64. The molecule has 1 saturated carbocycles. The average molecular weight is 210 g/mol. The summed E-state index contributed by atoms with van der Waals surface area (Å²) < 4.78 is 0. The molecule has 0 saturated heterocycles. The van der Waals surface area contributed by atoms with E-state index in [9.17, 15) is 4.79 Å². The van der Waals surface area contributed by atoms with Gasteiger partial charge in [0, 0.05) is 10.8 Å². The fourth-order valence-electron chi connectivity index (χ4n) is 2.25. The van der Waals surface area contributed by atoms with Crippen molar-refractivity contribution in [2.75, 3.05) is 0 Å². The Morgan fingerprint density at radius 1 is 1.57 bits per heavy atom. The molecule has 0 radical (unpaired) electrons. The maximum Gasteiger partial charge on any atom is 0.307 e. The molecule has 0 unspecified atom stereocenters. The molecule has 2 rings (SSSR count). The van der Waals surface area contributed by atoms with Crippen molar-refractivity contribution in [3.05, 3.63) is 21.9 Å². The molecule has 3 heteroatoms. The second kappa shape index (κ2) is 2.83. The predicted molar refractivity (Wildman–Crippen MR) is 56.7 cm³/mol. The minimum absolute atomic E-state index is 0.0663. The number of aryl methyl sites for hydroxylation is 1. The van der Waals surface area contributed by atoms with Crippen LogP contribution in [0.25, 0.3) is 0 Å². The van der Waals surface area contributed by atoms with Gasteiger partial charge in [-0.3, -0.25) is 4.79 Å². The lowest BCUT2D eigenvalue weighted by molar-refractivity contribution is -0.139. The Labute approximate surface area is 87.6 Å². The number of aliphatic carboxylic acids is 1. The third kappa shape index (κ3) is 1.27. The number of carboxylic acids is 1. The number of carbonyl (C=O) groups is 1.